The number of aliphatic hydroxyl groups is 1. The van der Waals surface area contributed by atoms with Crippen molar-refractivity contribution in [2.24, 2.45) is 0 Å². The minimum absolute atomic E-state index is 0.00250. The number of nitrogens with one attached hydrogen (secondary N) is 1. The average molecular weight is 899 g/mol. The van der Waals surface area contributed by atoms with E-state index in [1.807, 2.05) is 27.2 Å². The highest BCUT2D eigenvalue weighted by molar-refractivity contribution is 7.45. The Balaban J connectivity index is 4.20. The van der Waals surface area contributed by atoms with Gasteiger partial charge in [-0.15, -0.1) is 0 Å². The molecular weight excluding hydrogens is 792 g/mol. The summed E-state index contributed by atoms with van der Waals surface area (Å²) in [5, 5.41) is 13.9. The molecule has 8 nitrogen and oxygen atoms in total. The molecule has 370 valence electrons. The van der Waals surface area contributed by atoms with Crippen LogP contribution in [0.5, 0.6) is 0 Å². The number of rotatable bonds is 50. The zero-order valence-corrected chi connectivity index (χ0v) is 43.0. The van der Waals surface area contributed by atoms with Crippen LogP contribution in [-0.2, 0) is 18.4 Å². The van der Waals surface area contributed by atoms with E-state index in [1.54, 1.807) is 6.08 Å². The maximum atomic E-state index is 12.9. The number of hydrogen-bond donors (Lipinski definition) is 2. The first-order valence-electron chi connectivity index (χ1n) is 27.1. The van der Waals surface area contributed by atoms with E-state index in [0.717, 1.165) is 38.5 Å². The van der Waals surface area contributed by atoms with Gasteiger partial charge in [-0.3, -0.25) is 9.36 Å². The van der Waals surface area contributed by atoms with E-state index in [0.29, 0.717) is 17.4 Å². The molecule has 0 radical (unpaired) electrons. The van der Waals surface area contributed by atoms with Crippen molar-refractivity contribution in [2.45, 2.75) is 283 Å². The van der Waals surface area contributed by atoms with Crippen molar-refractivity contribution in [3.8, 4) is 0 Å². The van der Waals surface area contributed by atoms with Crippen LogP contribution in [0.25, 0.3) is 0 Å². The number of allylic oxidation sites excluding steroid dienone is 1. The van der Waals surface area contributed by atoms with Gasteiger partial charge in [0, 0.05) is 6.42 Å². The number of aliphatic hydroxyl groups excluding tert-OH is 1. The molecule has 0 aliphatic rings. The van der Waals surface area contributed by atoms with Crippen molar-refractivity contribution < 1.29 is 32.9 Å². The molecule has 0 aliphatic heterocycles. The number of amides is 1. The fourth-order valence-electron chi connectivity index (χ4n) is 8.21. The number of carbonyl (C=O) groups excluding carboxylic acids is 1. The van der Waals surface area contributed by atoms with Gasteiger partial charge in [-0.05, 0) is 19.3 Å². The lowest BCUT2D eigenvalue weighted by Gasteiger charge is -2.29. The second kappa shape index (κ2) is 45.4. The summed E-state index contributed by atoms with van der Waals surface area (Å²) in [5.41, 5.74) is 0. The second-order valence-corrected chi connectivity index (χ2v) is 21.4. The molecule has 1 amide bonds. The van der Waals surface area contributed by atoms with Crippen molar-refractivity contribution in [1.29, 1.82) is 0 Å². The lowest BCUT2D eigenvalue weighted by molar-refractivity contribution is -0.870. The predicted molar refractivity (Wildman–Crippen MR) is 266 cm³/mol. The standard InChI is InChI=1S/C53H107N2O6P/c1-6-8-10-12-14-16-18-20-22-23-24-25-26-27-28-29-30-31-33-34-36-38-40-42-44-46-52(56)51(50-61-62(58,59)60-49-48-55(3,4)5)54-53(57)47-45-43-41-39-37-35-32-21-19-17-15-13-11-9-7-2/h44,46,51-52,56H,6-43,45,47-50H2,1-5H3,(H-,54,57,58,59)/b46-44+. The highest BCUT2D eigenvalue weighted by Crippen LogP contribution is 2.38. The minimum atomic E-state index is -4.59. The number of quaternary nitrogens is 1. The highest BCUT2D eigenvalue weighted by Gasteiger charge is 2.23. The van der Waals surface area contributed by atoms with E-state index in [9.17, 15) is 19.4 Å². The van der Waals surface area contributed by atoms with Gasteiger partial charge < -0.3 is 28.8 Å². The summed E-state index contributed by atoms with van der Waals surface area (Å²) in [6.07, 6.45) is 54.2. The Morgan fingerprint density at radius 3 is 1.21 bits per heavy atom. The molecule has 9 heteroatoms. The summed E-state index contributed by atoms with van der Waals surface area (Å²) in [6, 6.07) is -0.881. The molecule has 0 fully saturated rings. The minimum Gasteiger partial charge on any atom is -0.756 e. The Kier molecular flexibility index (Phi) is 44.8. The molecule has 3 unspecified atom stereocenters. The Morgan fingerprint density at radius 2 is 0.871 bits per heavy atom. The van der Waals surface area contributed by atoms with Gasteiger partial charge in [0.25, 0.3) is 7.82 Å². The summed E-state index contributed by atoms with van der Waals surface area (Å²) in [6.45, 7) is 4.69. The highest BCUT2D eigenvalue weighted by atomic mass is 31.2. The van der Waals surface area contributed by atoms with E-state index >= 15 is 0 Å². The topological polar surface area (TPSA) is 108 Å². The van der Waals surface area contributed by atoms with Crippen molar-refractivity contribution in [1.82, 2.24) is 5.32 Å². The predicted octanol–water partition coefficient (Wildman–Crippen LogP) is 15.2. The SMILES string of the molecule is CCCCCCCCCCCCCCCCCCCCCCCCC/C=C/C(O)C(COP(=O)([O-])OCC[N+](C)(C)C)NC(=O)CCCCCCCCCCCCCCCCC. The van der Waals surface area contributed by atoms with Crippen LogP contribution in [0.2, 0.25) is 0 Å². The first kappa shape index (κ1) is 61.2. The van der Waals surface area contributed by atoms with Crippen LogP contribution in [-0.4, -0.2) is 68.5 Å². The largest absolute Gasteiger partial charge is 0.756 e. The first-order valence-corrected chi connectivity index (χ1v) is 28.5. The summed E-state index contributed by atoms with van der Waals surface area (Å²) in [5.74, 6) is -0.192. The third-order valence-electron chi connectivity index (χ3n) is 12.5. The molecule has 0 rings (SSSR count). The van der Waals surface area contributed by atoms with Crippen molar-refractivity contribution in [3.05, 3.63) is 12.2 Å². The number of phosphoric acid groups is 1. The van der Waals surface area contributed by atoms with Crippen LogP contribution in [0, 0.1) is 0 Å². The molecule has 0 aromatic carbocycles. The van der Waals surface area contributed by atoms with Crippen molar-refractivity contribution in [3.63, 3.8) is 0 Å². The molecular formula is C53H107N2O6P. The van der Waals surface area contributed by atoms with Crippen LogP contribution in [0.1, 0.15) is 271 Å². The third kappa shape index (κ3) is 47.2. The number of likely N-dealkylation sites (N-methyl/N-ethyl adjacent to an activating group) is 1. The van der Waals surface area contributed by atoms with Gasteiger partial charge in [-0.2, -0.15) is 0 Å². The molecule has 0 aromatic rings. The molecule has 62 heavy (non-hydrogen) atoms. The summed E-state index contributed by atoms with van der Waals surface area (Å²) in [7, 11) is 1.28. The zero-order chi connectivity index (χ0) is 45.7. The lowest BCUT2D eigenvalue weighted by atomic mass is 10.0. The van der Waals surface area contributed by atoms with E-state index in [2.05, 4.69) is 19.2 Å². The molecule has 0 spiro atoms. The Labute approximate surface area is 386 Å². The lowest BCUT2D eigenvalue weighted by Crippen LogP contribution is -2.45. The van der Waals surface area contributed by atoms with Crippen LogP contribution < -0.4 is 10.2 Å². The van der Waals surface area contributed by atoms with E-state index < -0.39 is 20.0 Å². The maximum absolute atomic E-state index is 12.9. The van der Waals surface area contributed by atoms with Crippen LogP contribution in [0.3, 0.4) is 0 Å². The number of phosphoric ester groups is 1. The second-order valence-electron chi connectivity index (χ2n) is 19.9. The van der Waals surface area contributed by atoms with Crippen molar-refractivity contribution >= 4 is 13.7 Å². The smallest absolute Gasteiger partial charge is 0.268 e. The van der Waals surface area contributed by atoms with Gasteiger partial charge in [0.1, 0.15) is 13.2 Å². The molecule has 0 saturated carbocycles. The quantitative estimate of drug-likeness (QED) is 0.0272. The van der Waals surface area contributed by atoms with Gasteiger partial charge in [0.2, 0.25) is 5.91 Å². The number of carbonyl (C=O) groups is 1. The number of nitrogens with zero attached hydrogens (tertiary/aromatic N) is 1. The molecule has 3 atom stereocenters. The van der Waals surface area contributed by atoms with Gasteiger partial charge in [-0.25, -0.2) is 0 Å². The molecule has 0 aliphatic carbocycles. The maximum Gasteiger partial charge on any atom is 0.268 e. The zero-order valence-electron chi connectivity index (χ0n) is 42.1. The molecule has 2 N–H and O–H groups in total. The molecule has 0 bridgehead atoms. The van der Waals surface area contributed by atoms with E-state index in [-0.39, 0.29) is 19.1 Å². The Hall–Kier alpha value is -0.760. The van der Waals surface area contributed by atoms with Crippen LogP contribution in [0.4, 0.5) is 0 Å². The van der Waals surface area contributed by atoms with Gasteiger partial charge >= 0.3 is 0 Å². The van der Waals surface area contributed by atoms with Gasteiger partial charge in [-0.1, -0.05) is 257 Å². The normalized spacial score (nSPS) is 14.1. The molecule has 0 heterocycles. The van der Waals surface area contributed by atoms with Gasteiger partial charge in [0.05, 0.1) is 39.9 Å². The average Bonchev–Trinajstić information content (AvgIpc) is 3.23. The monoisotopic (exact) mass is 899 g/mol. The van der Waals surface area contributed by atoms with E-state index in [4.69, 9.17) is 9.05 Å². The first-order chi connectivity index (χ1) is 30.0. The van der Waals surface area contributed by atoms with E-state index in [1.165, 1.54) is 212 Å². The fourth-order valence-corrected chi connectivity index (χ4v) is 8.94. The number of hydrogen-bond acceptors (Lipinski definition) is 6. The van der Waals surface area contributed by atoms with Crippen LogP contribution in [0.15, 0.2) is 12.2 Å². The summed E-state index contributed by atoms with van der Waals surface area (Å²) >= 11 is 0. The van der Waals surface area contributed by atoms with Gasteiger partial charge in [0.15, 0.2) is 0 Å². The number of unbranched alkanes of at least 4 members (excludes halogenated alkanes) is 37. The third-order valence-corrected chi connectivity index (χ3v) is 13.5. The molecule has 0 saturated heterocycles. The Bertz CT molecular complexity index is 1020. The molecule has 0 aromatic heterocycles. The Morgan fingerprint density at radius 1 is 0.548 bits per heavy atom. The fraction of sp³-hybridized carbons (Fsp3) is 0.943. The summed E-state index contributed by atoms with van der Waals surface area (Å²) < 4.78 is 23.3. The van der Waals surface area contributed by atoms with Crippen LogP contribution >= 0.6 is 7.82 Å². The van der Waals surface area contributed by atoms with Crippen molar-refractivity contribution in [2.75, 3.05) is 40.9 Å². The summed E-state index contributed by atoms with van der Waals surface area (Å²) in [4.78, 5) is 25.4.